The molecule has 0 aliphatic heterocycles. The van der Waals surface area contributed by atoms with Crippen molar-refractivity contribution in [3.05, 3.63) is 0 Å². The number of carbonyl (C=O) groups is 1. The lowest BCUT2D eigenvalue weighted by atomic mass is 10.2. The summed E-state index contributed by atoms with van der Waals surface area (Å²) in [6.45, 7) is 5.28. The molecule has 0 aromatic rings. The summed E-state index contributed by atoms with van der Waals surface area (Å²) in [7, 11) is 0. The van der Waals surface area contributed by atoms with E-state index in [1.165, 1.54) is 6.92 Å². The Morgan fingerprint density at radius 3 is 2.20 bits per heavy atom. The highest BCUT2D eigenvalue weighted by Crippen LogP contribution is 1.88. The second kappa shape index (κ2) is 4.24. The van der Waals surface area contributed by atoms with E-state index >= 15 is 0 Å². The lowest BCUT2D eigenvalue weighted by Crippen LogP contribution is -2.48. The van der Waals surface area contributed by atoms with Crippen LogP contribution in [0.1, 0.15) is 20.8 Å². The molecule has 4 heteroatoms. The number of nitrogens with two attached hydrogens (primary N) is 1. The average molecular weight is 145 g/mol. The number of amides is 1. The predicted molar refractivity (Wildman–Crippen MR) is 40.1 cm³/mol. The Labute approximate surface area is 61.1 Å². The van der Waals surface area contributed by atoms with Crippen LogP contribution in [-0.2, 0) is 4.79 Å². The lowest BCUT2D eigenvalue weighted by Gasteiger charge is -2.18. The molecule has 0 rings (SSSR count). The Balaban J connectivity index is 3.61. The summed E-state index contributed by atoms with van der Waals surface area (Å²) >= 11 is 0. The molecule has 2 atom stereocenters. The number of nitrogens with one attached hydrogen (secondary N) is 2. The van der Waals surface area contributed by atoms with E-state index in [0.717, 1.165) is 0 Å². The highest BCUT2D eigenvalue weighted by Gasteiger charge is 2.09. The summed E-state index contributed by atoms with van der Waals surface area (Å²) in [5, 5.41) is 2.71. The molecule has 10 heavy (non-hydrogen) atoms. The standard InChI is InChI=1S/C6H15N3O/c1-4(5(2)9-7)8-6(3)10/h4-5,9H,7H2,1-3H3,(H,8,10). The smallest absolute Gasteiger partial charge is 0.217 e. The summed E-state index contributed by atoms with van der Waals surface area (Å²) in [5.41, 5.74) is 2.56. The monoisotopic (exact) mass is 145 g/mol. The van der Waals surface area contributed by atoms with Gasteiger partial charge >= 0.3 is 0 Å². The second-order valence-electron chi connectivity index (χ2n) is 2.44. The summed E-state index contributed by atoms with van der Waals surface area (Å²) < 4.78 is 0. The van der Waals surface area contributed by atoms with Crippen molar-refractivity contribution >= 4 is 5.91 Å². The van der Waals surface area contributed by atoms with Gasteiger partial charge in [-0.2, -0.15) is 0 Å². The average Bonchev–Trinajstić information content (AvgIpc) is 1.85. The van der Waals surface area contributed by atoms with Crippen LogP contribution in [0.5, 0.6) is 0 Å². The molecule has 2 unspecified atom stereocenters. The third-order valence-electron chi connectivity index (χ3n) is 1.44. The number of hydrazine groups is 1. The molecule has 60 valence electrons. The highest BCUT2D eigenvalue weighted by molar-refractivity contribution is 5.73. The van der Waals surface area contributed by atoms with E-state index in [1.54, 1.807) is 0 Å². The Kier molecular flexibility index (Phi) is 3.99. The molecule has 4 N–H and O–H groups in total. The summed E-state index contributed by atoms with van der Waals surface area (Å²) in [4.78, 5) is 10.5. The molecule has 0 heterocycles. The predicted octanol–water partition coefficient (Wildman–Crippen LogP) is -0.637. The molecule has 0 saturated heterocycles. The fourth-order valence-electron chi connectivity index (χ4n) is 0.590. The Bertz CT molecular complexity index is 116. The van der Waals surface area contributed by atoms with Gasteiger partial charge in [-0.3, -0.25) is 16.1 Å². The Morgan fingerprint density at radius 2 is 1.90 bits per heavy atom. The minimum atomic E-state index is -0.0328. The maximum Gasteiger partial charge on any atom is 0.217 e. The molecule has 0 spiro atoms. The minimum Gasteiger partial charge on any atom is -0.352 e. The van der Waals surface area contributed by atoms with Gasteiger partial charge in [-0.1, -0.05) is 0 Å². The van der Waals surface area contributed by atoms with E-state index in [9.17, 15) is 4.79 Å². The molecule has 0 aromatic carbocycles. The minimum absolute atomic E-state index is 0.0328. The first-order chi connectivity index (χ1) is 4.57. The first-order valence-electron chi connectivity index (χ1n) is 3.31. The SMILES string of the molecule is CC(=O)NC(C)C(C)NN. The summed E-state index contributed by atoms with van der Waals surface area (Å²) in [6, 6.07) is 0.173. The number of hydrogen-bond donors (Lipinski definition) is 3. The third kappa shape index (κ3) is 3.42. The van der Waals surface area contributed by atoms with Gasteiger partial charge in [0, 0.05) is 19.0 Å². The third-order valence-corrected chi connectivity index (χ3v) is 1.44. The molecule has 0 fully saturated rings. The second-order valence-corrected chi connectivity index (χ2v) is 2.44. The van der Waals surface area contributed by atoms with Crippen LogP contribution in [0.3, 0.4) is 0 Å². The number of rotatable bonds is 3. The fraction of sp³-hybridized carbons (Fsp3) is 0.833. The van der Waals surface area contributed by atoms with Crippen LogP contribution >= 0.6 is 0 Å². The van der Waals surface area contributed by atoms with E-state index in [1.807, 2.05) is 13.8 Å². The Hall–Kier alpha value is -0.610. The zero-order chi connectivity index (χ0) is 8.15. The maximum absolute atomic E-state index is 10.5. The van der Waals surface area contributed by atoms with Gasteiger partial charge in [0.15, 0.2) is 0 Å². The summed E-state index contributed by atoms with van der Waals surface area (Å²) in [5.74, 6) is 5.11. The molecule has 0 bridgehead atoms. The number of carbonyl (C=O) groups excluding carboxylic acids is 1. The van der Waals surface area contributed by atoms with Crippen LogP contribution in [0, 0.1) is 0 Å². The van der Waals surface area contributed by atoms with Crippen molar-refractivity contribution < 1.29 is 4.79 Å². The van der Waals surface area contributed by atoms with Gasteiger partial charge in [-0.25, -0.2) is 0 Å². The van der Waals surface area contributed by atoms with Crippen molar-refractivity contribution in [3.63, 3.8) is 0 Å². The lowest BCUT2D eigenvalue weighted by molar-refractivity contribution is -0.119. The normalized spacial score (nSPS) is 16.0. The van der Waals surface area contributed by atoms with Crippen molar-refractivity contribution in [1.29, 1.82) is 0 Å². The van der Waals surface area contributed by atoms with Crippen LogP contribution in [0.25, 0.3) is 0 Å². The van der Waals surface area contributed by atoms with Gasteiger partial charge in [0.2, 0.25) is 5.91 Å². The van der Waals surface area contributed by atoms with Crippen LogP contribution in [0.2, 0.25) is 0 Å². The molecule has 0 aromatic heterocycles. The highest BCUT2D eigenvalue weighted by atomic mass is 16.1. The van der Waals surface area contributed by atoms with E-state index in [-0.39, 0.29) is 18.0 Å². The van der Waals surface area contributed by atoms with E-state index in [0.29, 0.717) is 0 Å². The van der Waals surface area contributed by atoms with Crippen molar-refractivity contribution in [1.82, 2.24) is 10.7 Å². The molecule has 0 saturated carbocycles. The fourth-order valence-corrected chi connectivity index (χ4v) is 0.590. The van der Waals surface area contributed by atoms with Gasteiger partial charge in [-0.15, -0.1) is 0 Å². The van der Waals surface area contributed by atoms with Crippen molar-refractivity contribution in [2.75, 3.05) is 0 Å². The summed E-state index contributed by atoms with van der Waals surface area (Å²) in [6.07, 6.45) is 0. The van der Waals surface area contributed by atoms with Crippen molar-refractivity contribution in [2.24, 2.45) is 5.84 Å². The molecular formula is C6H15N3O. The van der Waals surface area contributed by atoms with E-state index < -0.39 is 0 Å². The molecule has 0 aliphatic carbocycles. The van der Waals surface area contributed by atoms with Gasteiger partial charge in [0.05, 0.1) is 0 Å². The van der Waals surface area contributed by atoms with Crippen LogP contribution in [0.4, 0.5) is 0 Å². The molecule has 4 nitrogen and oxygen atoms in total. The first kappa shape index (κ1) is 9.39. The van der Waals surface area contributed by atoms with E-state index in [2.05, 4.69) is 10.7 Å². The van der Waals surface area contributed by atoms with Gasteiger partial charge < -0.3 is 5.32 Å². The van der Waals surface area contributed by atoms with Crippen molar-refractivity contribution in [3.8, 4) is 0 Å². The maximum atomic E-state index is 10.5. The molecule has 1 amide bonds. The van der Waals surface area contributed by atoms with Crippen LogP contribution in [-0.4, -0.2) is 18.0 Å². The Morgan fingerprint density at radius 1 is 1.40 bits per heavy atom. The van der Waals surface area contributed by atoms with E-state index in [4.69, 9.17) is 5.84 Å². The quantitative estimate of drug-likeness (QED) is 0.365. The van der Waals surface area contributed by atoms with Gasteiger partial charge in [0.1, 0.15) is 0 Å². The molecule has 0 radical (unpaired) electrons. The van der Waals surface area contributed by atoms with Gasteiger partial charge in [0.25, 0.3) is 0 Å². The first-order valence-corrected chi connectivity index (χ1v) is 3.31. The zero-order valence-corrected chi connectivity index (χ0v) is 6.64. The largest absolute Gasteiger partial charge is 0.352 e. The molecular weight excluding hydrogens is 130 g/mol. The van der Waals surface area contributed by atoms with Crippen LogP contribution in [0.15, 0.2) is 0 Å². The van der Waals surface area contributed by atoms with Crippen molar-refractivity contribution in [2.45, 2.75) is 32.9 Å². The van der Waals surface area contributed by atoms with Crippen LogP contribution < -0.4 is 16.6 Å². The zero-order valence-electron chi connectivity index (χ0n) is 6.64. The topological polar surface area (TPSA) is 67.2 Å². The van der Waals surface area contributed by atoms with Gasteiger partial charge in [-0.05, 0) is 13.8 Å². The molecule has 0 aliphatic rings. The number of hydrogen-bond acceptors (Lipinski definition) is 3.